The molecule has 41 heavy (non-hydrogen) atoms. The Morgan fingerprint density at radius 2 is 1.51 bits per heavy atom. The van der Waals surface area contributed by atoms with Crippen LogP contribution in [0.15, 0.2) is 29.8 Å². The van der Waals surface area contributed by atoms with E-state index in [1.807, 2.05) is 12.1 Å². The summed E-state index contributed by atoms with van der Waals surface area (Å²) in [4.78, 5) is 14.0. The molecule has 2 N–H and O–H groups in total. The number of hydrogen-bond donors (Lipinski definition) is 2. The molecule has 4 saturated carbocycles. The molecular formula is C37H54O4. The molecule has 0 aromatic heterocycles. The van der Waals surface area contributed by atoms with E-state index in [0.717, 1.165) is 62.5 Å². The van der Waals surface area contributed by atoms with Gasteiger partial charge in [0, 0.05) is 5.41 Å². The summed E-state index contributed by atoms with van der Waals surface area (Å²) < 4.78 is 6.91. The maximum Gasteiger partial charge on any atom is 0.164 e. The zero-order valence-electron chi connectivity index (χ0n) is 26.8. The number of aliphatic hydroxyl groups is 1. The number of fused-ring (bicyclic) bond motifs is 5. The quantitative estimate of drug-likeness (QED) is 0.356. The molecule has 0 amide bonds. The molecule has 1 aromatic carbocycles. The lowest BCUT2D eigenvalue weighted by Gasteiger charge is -2.70. The van der Waals surface area contributed by atoms with Crippen molar-refractivity contribution in [2.75, 3.05) is 0 Å². The summed E-state index contributed by atoms with van der Waals surface area (Å²) in [5.41, 5.74) is 1.17. The van der Waals surface area contributed by atoms with Gasteiger partial charge in [0.15, 0.2) is 5.78 Å². The largest absolute Gasteiger partial charge is 0.508 e. The average Bonchev–Trinajstić information content (AvgIpc) is 3.25. The summed E-state index contributed by atoms with van der Waals surface area (Å²) in [6.07, 6.45) is 11.1. The van der Waals surface area contributed by atoms with E-state index in [9.17, 15) is 15.0 Å². The normalized spacial score (nSPS) is 47.9. The summed E-state index contributed by atoms with van der Waals surface area (Å²) in [5.74, 6) is 1.76. The molecule has 1 aromatic rings. The monoisotopic (exact) mass is 562 g/mol. The van der Waals surface area contributed by atoms with E-state index in [-0.39, 0.29) is 51.0 Å². The van der Waals surface area contributed by atoms with E-state index in [0.29, 0.717) is 17.8 Å². The van der Waals surface area contributed by atoms with Crippen molar-refractivity contribution in [2.24, 2.45) is 45.3 Å². The Labute approximate surface area is 248 Å². The predicted molar refractivity (Wildman–Crippen MR) is 164 cm³/mol. The molecule has 226 valence electrons. The molecule has 9 atom stereocenters. The number of rotatable bonds is 2. The van der Waals surface area contributed by atoms with Gasteiger partial charge in [-0.15, -0.1) is 0 Å². The minimum Gasteiger partial charge on any atom is -0.508 e. The number of aliphatic hydroxyl groups excluding tert-OH is 1. The minimum absolute atomic E-state index is 0.0361. The van der Waals surface area contributed by atoms with Crippen LogP contribution in [0.25, 0.3) is 6.08 Å². The Bertz CT molecular complexity index is 1240. The number of ether oxygens (including phenoxy) is 1. The highest BCUT2D eigenvalue weighted by Crippen LogP contribution is 2.76. The standard InChI is InChI=1S/C37H54O4/c1-32(2)16-9-17-37(8,41-32)26-14-18-36(7)30(26)27(39)21-29-34(5)22-24(20-23-10-12-25(38)13-11-23)31(40)33(3,4)28(34)15-19-35(29,36)6/h10-13,20,26-30,38-39H,9,14-19,21-22H2,1-8H3/b24-20-/t26?,27-,28?,29?,30?,34+,35-,36-,37-/m1/s1. The van der Waals surface area contributed by atoms with Crippen LogP contribution in [0.5, 0.6) is 5.75 Å². The number of Topliss-reactive ketones (excluding diaryl/α,β-unsaturated/α-hetero) is 1. The fourth-order valence-corrected chi connectivity index (χ4v) is 12.1. The molecule has 1 aliphatic heterocycles. The van der Waals surface area contributed by atoms with Crippen molar-refractivity contribution in [3.05, 3.63) is 35.4 Å². The van der Waals surface area contributed by atoms with E-state index in [1.54, 1.807) is 12.1 Å². The zero-order valence-corrected chi connectivity index (χ0v) is 26.8. The van der Waals surface area contributed by atoms with Gasteiger partial charge in [0.2, 0.25) is 0 Å². The number of benzene rings is 1. The summed E-state index contributed by atoms with van der Waals surface area (Å²) in [6, 6.07) is 7.18. The van der Waals surface area contributed by atoms with Crippen molar-refractivity contribution in [3.8, 4) is 5.75 Å². The molecule has 0 radical (unpaired) electrons. The van der Waals surface area contributed by atoms with Gasteiger partial charge in [-0.1, -0.05) is 46.8 Å². The topological polar surface area (TPSA) is 66.8 Å². The SMILES string of the molecule is CC1(C)CCC[C@](C)(C2CC[C@]3(C)C2[C@H](O)CC2[C@@]4(C)C/C(=C/c5ccc(O)cc5)C(=O)C(C)(C)C4CC[C@]23C)O1. The molecule has 1 saturated heterocycles. The number of hydrogen-bond acceptors (Lipinski definition) is 4. The van der Waals surface area contributed by atoms with E-state index in [4.69, 9.17) is 4.74 Å². The van der Waals surface area contributed by atoms with Crippen LogP contribution in [-0.2, 0) is 9.53 Å². The van der Waals surface area contributed by atoms with Crippen molar-refractivity contribution in [1.29, 1.82) is 0 Å². The maximum atomic E-state index is 14.0. The van der Waals surface area contributed by atoms with Crippen molar-refractivity contribution in [2.45, 2.75) is 130 Å². The lowest BCUT2D eigenvalue weighted by atomic mass is 9.35. The Morgan fingerprint density at radius 3 is 2.17 bits per heavy atom. The molecule has 4 heteroatoms. The second-order valence-electron chi connectivity index (χ2n) is 17.0. The van der Waals surface area contributed by atoms with Crippen LogP contribution in [0.3, 0.4) is 0 Å². The van der Waals surface area contributed by atoms with Crippen LogP contribution in [0.1, 0.15) is 119 Å². The summed E-state index contributed by atoms with van der Waals surface area (Å²) in [6.45, 7) is 18.7. The fraction of sp³-hybridized carbons (Fsp3) is 0.757. The van der Waals surface area contributed by atoms with Crippen LogP contribution < -0.4 is 0 Å². The van der Waals surface area contributed by atoms with Crippen LogP contribution in [0.4, 0.5) is 0 Å². The maximum absolute atomic E-state index is 14.0. The third-order valence-electron chi connectivity index (χ3n) is 14.0. The number of phenols is 1. The highest BCUT2D eigenvalue weighted by Gasteiger charge is 2.72. The van der Waals surface area contributed by atoms with E-state index in [1.165, 1.54) is 6.42 Å². The Hall–Kier alpha value is -1.65. The van der Waals surface area contributed by atoms with Crippen molar-refractivity contribution in [1.82, 2.24) is 0 Å². The van der Waals surface area contributed by atoms with Gasteiger partial charge in [-0.3, -0.25) is 4.79 Å². The number of carbonyl (C=O) groups is 1. The van der Waals surface area contributed by atoms with Crippen molar-refractivity contribution < 1.29 is 19.7 Å². The highest BCUT2D eigenvalue weighted by atomic mass is 16.5. The number of carbonyl (C=O) groups excluding carboxylic acids is 1. The van der Waals surface area contributed by atoms with E-state index >= 15 is 0 Å². The number of allylic oxidation sites excluding steroid dienone is 1. The van der Waals surface area contributed by atoms with Gasteiger partial charge in [0.1, 0.15) is 5.75 Å². The molecule has 5 fully saturated rings. The summed E-state index contributed by atoms with van der Waals surface area (Å²) >= 11 is 0. The smallest absolute Gasteiger partial charge is 0.164 e. The van der Waals surface area contributed by atoms with E-state index in [2.05, 4.69) is 61.5 Å². The van der Waals surface area contributed by atoms with Gasteiger partial charge < -0.3 is 14.9 Å². The Kier molecular flexibility index (Phi) is 6.59. The van der Waals surface area contributed by atoms with Gasteiger partial charge >= 0.3 is 0 Å². The van der Waals surface area contributed by atoms with Gasteiger partial charge in [-0.25, -0.2) is 0 Å². The lowest BCUT2D eigenvalue weighted by Crippen LogP contribution is -2.66. The summed E-state index contributed by atoms with van der Waals surface area (Å²) in [7, 11) is 0. The van der Waals surface area contributed by atoms with Gasteiger partial charge in [0.05, 0.1) is 17.3 Å². The number of phenolic OH excluding ortho intramolecular Hbond substituents is 1. The first-order valence-electron chi connectivity index (χ1n) is 16.4. The van der Waals surface area contributed by atoms with Gasteiger partial charge in [-0.2, -0.15) is 0 Å². The molecule has 4 nitrogen and oxygen atoms in total. The van der Waals surface area contributed by atoms with Gasteiger partial charge in [0.25, 0.3) is 0 Å². The molecule has 5 aliphatic rings. The highest BCUT2D eigenvalue weighted by molar-refractivity contribution is 6.04. The van der Waals surface area contributed by atoms with Crippen LogP contribution in [0.2, 0.25) is 0 Å². The minimum atomic E-state index is -0.451. The second-order valence-corrected chi connectivity index (χ2v) is 17.0. The third kappa shape index (κ3) is 4.16. The fourth-order valence-electron chi connectivity index (χ4n) is 12.1. The Balaban J connectivity index is 1.38. The summed E-state index contributed by atoms with van der Waals surface area (Å²) in [5, 5.41) is 22.0. The van der Waals surface area contributed by atoms with Crippen LogP contribution >= 0.6 is 0 Å². The zero-order chi connectivity index (χ0) is 29.8. The van der Waals surface area contributed by atoms with E-state index < -0.39 is 5.41 Å². The van der Waals surface area contributed by atoms with Crippen LogP contribution in [0, 0.1) is 45.3 Å². The molecule has 0 bridgehead atoms. The number of aromatic hydroxyl groups is 1. The first kappa shape index (κ1) is 29.4. The predicted octanol–water partition coefficient (Wildman–Crippen LogP) is 8.35. The average molecular weight is 563 g/mol. The van der Waals surface area contributed by atoms with Crippen LogP contribution in [-0.4, -0.2) is 33.3 Å². The molecule has 1 heterocycles. The molecule has 4 unspecified atom stereocenters. The molecule has 0 spiro atoms. The van der Waals surface area contributed by atoms with Gasteiger partial charge in [-0.05, 0) is 148 Å². The Morgan fingerprint density at radius 1 is 0.854 bits per heavy atom. The van der Waals surface area contributed by atoms with Crippen molar-refractivity contribution in [3.63, 3.8) is 0 Å². The molecule has 6 rings (SSSR count). The first-order valence-corrected chi connectivity index (χ1v) is 16.4. The first-order chi connectivity index (χ1) is 19.0. The molecule has 4 aliphatic carbocycles. The lowest BCUT2D eigenvalue weighted by molar-refractivity contribution is -0.245. The third-order valence-corrected chi connectivity index (χ3v) is 14.0. The second kappa shape index (κ2) is 9.18. The van der Waals surface area contributed by atoms with Crippen molar-refractivity contribution >= 4 is 11.9 Å². The molecular weight excluding hydrogens is 508 g/mol. The number of ketones is 1.